The van der Waals surface area contributed by atoms with Crippen LogP contribution >= 0.6 is 0 Å². The van der Waals surface area contributed by atoms with Gasteiger partial charge in [0.15, 0.2) is 0 Å². The fourth-order valence-electron chi connectivity index (χ4n) is 9.32. The molecule has 6 unspecified atom stereocenters. The third-order valence-electron chi connectivity index (χ3n) is 10.8. The molecule has 4 rings (SSSR count). The molecular formula is C27H54. The first-order chi connectivity index (χ1) is 12.9. The van der Waals surface area contributed by atoms with Crippen molar-refractivity contribution in [2.24, 2.45) is 52.3 Å². The lowest BCUT2D eigenvalue weighted by Gasteiger charge is -2.61. The summed E-state index contributed by atoms with van der Waals surface area (Å²) in [5.41, 5.74) is 1.39. The SMILES string of the molecule is CC(C)CCCC(C)C1CCC2[C@@H]3CCC4CCCCC4(C)C3CC[C@]12C.[HH].[HH].[HH]. The molecule has 0 aromatic heterocycles. The summed E-state index contributed by atoms with van der Waals surface area (Å²) >= 11 is 0. The van der Waals surface area contributed by atoms with E-state index in [9.17, 15) is 0 Å². The summed E-state index contributed by atoms with van der Waals surface area (Å²) in [6.45, 7) is 12.9. The Morgan fingerprint density at radius 2 is 1.56 bits per heavy atom. The van der Waals surface area contributed by atoms with Crippen molar-refractivity contribution >= 4 is 0 Å². The molecule has 0 radical (unpaired) electrons. The van der Waals surface area contributed by atoms with E-state index < -0.39 is 0 Å². The van der Waals surface area contributed by atoms with Crippen LogP contribution < -0.4 is 0 Å². The third kappa shape index (κ3) is 3.44. The maximum Gasteiger partial charge on any atom is 0 e. The van der Waals surface area contributed by atoms with E-state index in [0.29, 0.717) is 10.8 Å². The van der Waals surface area contributed by atoms with Crippen molar-refractivity contribution in [1.29, 1.82) is 0 Å². The molecule has 0 N–H and O–H groups in total. The third-order valence-corrected chi connectivity index (χ3v) is 10.8. The number of fused-ring (bicyclic) bond motifs is 5. The van der Waals surface area contributed by atoms with Gasteiger partial charge in [0.1, 0.15) is 0 Å². The van der Waals surface area contributed by atoms with Crippen LogP contribution in [0.25, 0.3) is 0 Å². The molecule has 4 aliphatic carbocycles. The van der Waals surface area contributed by atoms with E-state index in [2.05, 4.69) is 34.6 Å². The Morgan fingerprint density at radius 1 is 0.778 bits per heavy atom. The van der Waals surface area contributed by atoms with Gasteiger partial charge in [-0.25, -0.2) is 0 Å². The Labute approximate surface area is 175 Å². The van der Waals surface area contributed by atoms with Crippen molar-refractivity contribution < 1.29 is 4.28 Å². The summed E-state index contributed by atoms with van der Waals surface area (Å²) in [5, 5.41) is 0. The number of hydrogen-bond acceptors (Lipinski definition) is 0. The van der Waals surface area contributed by atoms with Crippen LogP contribution in [0.15, 0.2) is 0 Å². The highest BCUT2D eigenvalue weighted by molar-refractivity contribution is 5.09. The summed E-state index contributed by atoms with van der Waals surface area (Å²) < 4.78 is 0. The van der Waals surface area contributed by atoms with E-state index in [4.69, 9.17) is 0 Å². The van der Waals surface area contributed by atoms with Gasteiger partial charge in [0.05, 0.1) is 0 Å². The minimum atomic E-state index is 0. The fourth-order valence-corrected chi connectivity index (χ4v) is 9.32. The fraction of sp³-hybridized carbons (Fsp3) is 1.00. The monoisotopic (exact) mass is 378 g/mol. The molecule has 0 spiro atoms. The Bertz CT molecular complexity index is 520. The van der Waals surface area contributed by atoms with E-state index in [1.165, 1.54) is 32.1 Å². The van der Waals surface area contributed by atoms with Gasteiger partial charge < -0.3 is 0 Å². The van der Waals surface area contributed by atoms with Gasteiger partial charge in [-0.15, -0.1) is 0 Å². The quantitative estimate of drug-likeness (QED) is 0.447. The molecule has 0 aromatic carbocycles. The van der Waals surface area contributed by atoms with Crippen LogP contribution in [0.3, 0.4) is 0 Å². The second-order valence-corrected chi connectivity index (χ2v) is 12.4. The van der Waals surface area contributed by atoms with Crippen molar-refractivity contribution in [3.05, 3.63) is 0 Å². The summed E-state index contributed by atoms with van der Waals surface area (Å²) in [6.07, 6.45) is 19.9. The minimum absolute atomic E-state index is 0. The van der Waals surface area contributed by atoms with Gasteiger partial charge in [-0.05, 0) is 104 Å². The largest absolute Gasteiger partial charge is 0.0628 e. The summed E-state index contributed by atoms with van der Waals surface area (Å²) in [6, 6.07) is 0. The minimum Gasteiger partial charge on any atom is -0.0628 e. The molecule has 4 aliphatic rings. The van der Waals surface area contributed by atoms with Crippen LogP contribution in [-0.4, -0.2) is 0 Å². The highest BCUT2D eigenvalue weighted by Gasteiger charge is 2.59. The zero-order valence-electron chi connectivity index (χ0n) is 19.2. The van der Waals surface area contributed by atoms with E-state index in [-0.39, 0.29) is 4.28 Å². The molecule has 0 saturated heterocycles. The van der Waals surface area contributed by atoms with E-state index >= 15 is 0 Å². The second-order valence-electron chi connectivity index (χ2n) is 12.4. The van der Waals surface area contributed by atoms with Crippen LogP contribution in [0, 0.1) is 52.3 Å². The van der Waals surface area contributed by atoms with Gasteiger partial charge in [-0.3, -0.25) is 0 Å². The zero-order chi connectivity index (χ0) is 19.2. The lowest BCUT2D eigenvalue weighted by atomic mass is 9.44. The van der Waals surface area contributed by atoms with Gasteiger partial charge in [0, 0.05) is 4.28 Å². The van der Waals surface area contributed by atoms with Crippen molar-refractivity contribution in [3.8, 4) is 0 Å². The Balaban J connectivity index is 0.00000150. The smallest absolute Gasteiger partial charge is 0 e. The van der Waals surface area contributed by atoms with E-state index in [1.54, 1.807) is 51.4 Å². The van der Waals surface area contributed by atoms with Crippen LogP contribution in [0.4, 0.5) is 0 Å². The molecular weight excluding hydrogens is 324 g/mol. The number of rotatable bonds is 5. The second kappa shape index (κ2) is 7.68. The van der Waals surface area contributed by atoms with Crippen LogP contribution in [0.2, 0.25) is 0 Å². The molecule has 4 saturated carbocycles. The average Bonchev–Trinajstić information content (AvgIpc) is 2.98. The average molecular weight is 379 g/mol. The summed E-state index contributed by atoms with van der Waals surface area (Å²) in [5.74, 6) is 7.15. The molecule has 27 heavy (non-hydrogen) atoms. The van der Waals surface area contributed by atoms with Crippen molar-refractivity contribution in [1.82, 2.24) is 0 Å². The van der Waals surface area contributed by atoms with Gasteiger partial charge >= 0.3 is 0 Å². The summed E-state index contributed by atoms with van der Waals surface area (Å²) in [7, 11) is 0. The maximum atomic E-state index is 2.75. The topological polar surface area (TPSA) is 0 Å². The molecule has 0 bridgehead atoms. The molecule has 0 amide bonds. The normalized spacial score (nSPS) is 48.0. The Hall–Kier alpha value is 0. The molecule has 0 aliphatic heterocycles. The molecule has 8 atom stereocenters. The molecule has 0 aromatic rings. The highest BCUT2D eigenvalue weighted by atomic mass is 14.6. The van der Waals surface area contributed by atoms with Crippen LogP contribution in [-0.2, 0) is 0 Å². The van der Waals surface area contributed by atoms with E-state index in [0.717, 1.165) is 41.4 Å². The first-order valence-electron chi connectivity index (χ1n) is 12.9. The van der Waals surface area contributed by atoms with Gasteiger partial charge in [-0.1, -0.05) is 66.7 Å². The van der Waals surface area contributed by atoms with Crippen LogP contribution in [0.1, 0.15) is 122 Å². The summed E-state index contributed by atoms with van der Waals surface area (Å²) in [4.78, 5) is 0. The lowest BCUT2D eigenvalue weighted by Crippen LogP contribution is -2.53. The molecule has 4 fully saturated rings. The van der Waals surface area contributed by atoms with Crippen molar-refractivity contribution in [2.75, 3.05) is 0 Å². The van der Waals surface area contributed by atoms with Crippen LogP contribution in [0.5, 0.6) is 0 Å². The van der Waals surface area contributed by atoms with Gasteiger partial charge in [-0.2, -0.15) is 0 Å². The predicted molar refractivity (Wildman–Crippen MR) is 124 cm³/mol. The zero-order valence-corrected chi connectivity index (χ0v) is 19.2. The van der Waals surface area contributed by atoms with E-state index in [1.807, 2.05) is 0 Å². The maximum absolute atomic E-state index is 2.75. The number of hydrogen-bond donors (Lipinski definition) is 0. The predicted octanol–water partition coefficient (Wildman–Crippen LogP) is 9.24. The lowest BCUT2D eigenvalue weighted by molar-refractivity contribution is -0.114. The molecule has 0 heterocycles. The standard InChI is InChI=1S/C27H48.3H2/c1-19(2)9-8-10-20(3)23-14-15-24-22-13-12-21-11-6-7-17-26(21,4)25(22)16-18-27(23,24)5;;;/h19-25H,6-18H2,1-5H3;3*1H/t20?,21?,22-,23?,24?,25?,26?,27+;;;/m0.../s1. The van der Waals surface area contributed by atoms with Gasteiger partial charge in [0.2, 0.25) is 0 Å². The Kier molecular flexibility index (Phi) is 5.77. The Morgan fingerprint density at radius 3 is 2.33 bits per heavy atom. The first-order valence-corrected chi connectivity index (χ1v) is 12.9. The van der Waals surface area contributed by atoms with Crippen molar-refractivity contribution in [3.63, 3.8) is 0 Å². The molecule has 162 valence electrons. The highest BCUT2D eigenvalue weighted by Crippen LogP contribution is 2.68. The van der Waals surface area contributed by atoms with Gasteiger partial charge in [0.25, 0.3) is 0 Å². The molecule has 0 nitrogen and oxygen atoms in total. The van der Waals surface area contributed by atoms with Crippen molar-refractivity contribution in [2.45, 2.75) is 118 Å². The first kappa shape index (κ1) is 20.3. The molecule has 0 heteroatoms.